The summed E-state index contributed by atoms with van der Waals surface area (Å²) in [5.74, 6) is -6.21. The van der Waals surface area contributed by atoms with E-state index in [1.807, 2.05) is 20.8 Å². The zero-order valence-electron chi connectivity index (χ0n) is 27.0. The molecule has 0 saturated heterocycles. The number of hydrogen-bond donors (Lipinski definition) is 0. The van der Waals surface area contributed by atoms with Crippen molar-refractivity contribution >= 4 is 35.8 Å². The van der Waals surface area contributed by atoms with Crippen LogP contribution in [-0.2, 0) is 67.0 Å². The van der Waals surface area contributed by atoms with Gasteiger partial charge in [0, 0.05) is 0 Å². The Morgan fingerprint density at radius 3 is 1.02 bits per heavy atom. The van der Waals surface area contributed by atoms with Gasteiger partial charge in [-0.15, -0.1) is 0 Å². The minimum absolute atomic E-state index is 0.0244. The standard InChI is InChI=1S/C30H50O14/c1-7-13-16-40-25(33)21-30(28(36)42-18-15-9-3,22-26(34)41-17-14-8-2)44-43-29(27(35)39-12-6,19-23(31)37-10-4)20-24(32)38-11-5/h7-22H2,1-6H3. The van der Waals surface area contributed by atoms with Crippen molar-refractivity contribution in [1.82, 2.24) is 0 Å². The average Bonchev–Trinajstić information content (AvgIpc) is 2.96. The summed E-state index contributed by atoms with van der Waals surface area (Å²) < 4.78 is 30.9. The molecule has 0 rings (SSSR count). The van der Waals surface area contributed by atoms with E-state index in [1.165, 1.54) is 20.8 Å². The predicted octanol–water partition coefficient (Wildman–Crippen LogP) is 3.69. The molecular formula is C30H50O14. The van der Waals surface area contributed by atoms with Crippen molar-refractivity contribution in [3.63, 3.8) is 0 Å². The van der Waals surface area contributed by atoms with E-state index in [4.69, 9.17) is 38.2 Å². The lowest BCUT2D eigenvalue weighted by molar-refractivity contribution is -0.400. The van der Waals surface area contributed by atoms with Crippen LogP contribution in [0.4, 0.5) is 0 Å². The van der Waals surface area contributed by atoms with E-state index in [0.717, 1.165) is 0 Å². The highest BCUT2D eigenvalue weighted by molar-refractivity contribution is 5.91. The van der Waals surface area contributed by atoms with Crippen LogP contribution in [0, 0.1) is 0 Å². The number of esters is 6. The Balaban J connectivity index is 6.88. The zero-order chi connectivity index (χ0) is 33.4. The Labute approximate surface area is 259 Å². The normalized spacial score (nSPS) is 11.3. The van der Waals surface area contributed by atoms with Crippen LogP contribution in [0.25, 0.3) is 0 Å². The third-order valence-electron chi connectivity index (χ3n) is 5.96. The highest BCUT2D eigenvalue weighted by atomic mass is 17.2. The molecule has 0 unspecified atom stereocenters. The van der Waals surface area contributed by atoms with Crippen molar-refractivity contribution in [2.45, 2.75) is 117 Å². The minimum Gasteiger partial charge on any atom is -0.466 e. The summed E-state index contributed by atoms with van der Waals surface area (Å²) in [5.41, 5.74) is -5.08. The molecule has 0 aromatic heterocycles. The highest BCUT2D eigenvalue weighted by Gasteiger charge is 2.54. The molecule has 44 heavy (non-hydrogen) atoms. The van der Waals surface area contributed by atoms with E-state index in [-0.39, 0.29) is 39.6 Å². The van der Waals surface area contributed by atoms with Gasteiger partial charge in [0.2, 0.25) is 11.2 Å². The smallest absolute Gasteiger partial charge is 0.343 e. The first kappa shape index (κ1) is 40.7. The molecule has 0 fully saturated rings. The highest BCUT2D eigenvalue weighted by Crippen LogP contribution is 2.32. The van der Waals surface area contributed by atoms with Gasteiger partial charge in [-0.3, -0.25) is 19.2 Å². The summed E-state index contributed by atoms with van der Waals surface area (Å²) in [7, 11) is 0. The van der Waals surface area contributed by atoms with Crippen LogP contribution in [0.15, 0.2) is 0 Å². The number of ether oxygens (including phenoxy) is 6. The van der Waals surface area contributed by atoms with Crippen LogP contribution in [0.5, 0.6) is 0 Å². The Morgan fingerprint density at radius 2 is 0.705 bits per heavy atom. The van der Waals surface area contributed by atoms with Gasteiger partial charge in [0.15, 0.2) is 0 Å². The molecule has 0 aliphatic carbocycles. The van der Waals surface area contributed by atoms with Crippen molar-refractivity contribution in [1.29, 1.82) is 0 Å². The number of unbranched alkanes of at least 4 members (excludes halogenated alkanes) is 3. The second-order valence-corrected chi connectivity index (χ2v) is 9.83. The van der Waals surface area contributed by atoms with Crippen LogP contribution in [-0.4, -0.2) is 86.7 Å². The lowest BCUT2D eigenvalue weighted by atomic mass is 9.94. The molecule has 0 amide bonds. The summed E-state index contributed by atoms with van der Waals surface area (Å²) in [4.78, 5) is 89.1. The molecule has 14 heteroatoms. The van der Waals surface area contributed by atoms with Gasteiger partial charge in [-0.25, -0.2) is 19.4 Å². The SMILES string of the molecule is CCCCOC(=O)CC(CC(=O)OCCCC)(OOC(CC(=O)OCC)(CC(=O)OCC)C(=O)OCC)C(=O)OCCCC. The molecule has 14 nitrogen and oxygen atoms in total. The van der Waals surface area contributed by atoms with Crippen LogP contribution < -0.4 is 0 Å². The summed E-state index contributed by atoms with van der Waals surface area (Å²) in [5, 5.41) is 0. The van der Waals surface area contributed by atoms with Crippen LogP contribution in [0.1, 0.15) is 106 Å². The maximum Gasteiger partial charge on any atom is 0.343 e. The number of hydrogen-bond acceptors (Lipinski definition) is 14. The van der Waals surface area contributed by atoms with Crippen molar-refractivity contribution in [2.75, 3.05) is 39.6 Å². The zero-order valence-corrected chi connectivity index (χ0v) is 27.0. The molecule has 0 aliphatic rings. The molecule has 0 bridgehead atoms. The average molecular weight is 635 g/mol. The topological polar surface area (TPSA) is 176 Å². The van der Waals surface area contributed by atoms with Gasteiger partial charge in [-0.05, 0) is 40.0 Å². The molecule has 0 saturated carbocycles. The lowest BCUT2D eigenvalue weighted by Crippen LogP contribution is -2.53. The lowest BCUT2D eigenvalue weighted by Gasteiger charge is -2.34. The largest absolute Gasteiger partial charge is 0.466 e. The Morgan fingerprint density at radius 1 is 0.409 bits per heavy atom. The van der Waals surface area contributed by atoms with E-state index in [9.17, 15) is 28.8 Å². The van der Waals surface area contributed by atoms with Gasteiger partial charge < -0.3 is 28.4 Å². The molecule has 254 valence electrons. The summed E-state index contributed by atoms with van der Waals surface area (Å²) in [6.07, 6.45) is 0.00857. The molecule has 0 spiro atoms. The van der Waals surface area contributed by atoms with Crippen molar-refractivity contribution in [3.05, 3.63) is 0 Å². The number of rotatable bonds is 25. The first-order chi connectivity index (χ1) is 21.0. The van der Waals surface area contributed by atoms with Gasteiger partial charge >= 0.3 is 35.8 Å². The van der Waals surface area contributed by atoms with Gasteiger partial charge in [0.1, 0.15) is 0 Å². The van der Waals surface area contributed by atoms with Gasteiger partial charge in [-0.2, -0.15) is 0 Å². The molecule has 0 N–H and O–H groups in total. The third-order valence-corrected chi connectivity index (χ3v) is 5.96. The molecule has 0 aromatic rings. The third kappa shape index (κ3) is 15.5. The fraction of sp³-hybridized carbons (Fsp3) is 0.800. The van der Waals surface area contributed by atoms with E-state index < -0.39 is 72.7 Å². The van der Waals surface area contributed by atoms with E-state index >= 15 is 0 Å². The Kier molecular flexibility index (Phi) is 21.4. The van der Waals surface area contributed by atoms with Crippen molar-refractivity contribution in [3.8, 4) is 0 Å². The molecule has 0 radical (unpaired) electrons. The monoisotopic (exact) mass is 634 g/mol. The number of carbonyl (C=O) groups is 6. The maximum absolute atomic E-state index is 13.6. The second kappa shape index (κ2) is 23.2. The van der Waals surface area contributed by atoms with Crippen molar-refractivity contribution in [2.24, 2.45) is 0 Å². The van der Waals surface area contributed by atoms with Crippen molar-refractivity contribution < 1.29 is 67.0 Å². The van der Waals surface area contributed by atoms with E-state index in [0.29, 0.717) is 38.5 Å². The Hall–Kier alpha value is -3.26. The van der Waals surface area contributed by atoms with Crippen LogP contribution in [0.3, 0.4) is 0 Å². The fourth-order valence-corrected chi connectivity index (χ4v) is 3.58. The summed E-state index contributed by atoms with van der Waals surface area (Å²) >= 11 is 0. The molecule has 0 aromatic carbocycles. The minimum atomic E-state index is -2.54. The first-order valence-electron chi connectivity index (χ1n) is 15.3. The van der Waals surface area contributed by atoms with Gasteiger partial charge in [0.05, 0.1) is 65.3 Å². The van der Waals surface area contributed by atoms with E-state index in [2.05, 4.69) is 0 Å². The maximum atomic E-state index is 13.6. The predicted molar refractivity (Wildman–Crippen MR) is 154 cm³/mol. The summed E-state index contributed by atoms with van der Waals surface area (Å²) in [6.45, 7) is 9.78. The molecule has 0 aliphatic heterocycles. The second-order valence-electron chi connectivity index (χ2n) is 9.83. The van der Waals surface area contributed by atoms with E-state index in [1.54, 1.807) is 0 Å². The molecule has 0 heterocycles. The molecular weight excluding hydrogens is 584 g/mol. The number of carbonyl (C=O) groups excluding carboxylic acids is 6. The van der Waals surface area contributed by atoms with Crippen LogP contribution in [0.2, 0.25) is 0 Å². The fourth-order valence-electron chi connectivity index (χ4n) is 3.58. The molecule has 0 atom stereocenters. The van der Waals surface area contributed by atoms with Gasteiger partial charge in [-0.1, -0.05) is 40.0 Å². The Bertz CT molecular complexity index is 856. The summed E-state index contributed by atoms with van der Waals surface area (Å²) in [6, 6.07) is 0. The first-order valence-corrected chi connectivity index (χ1v) is 15.3. The quantitative estimate of drug-likeness (QED) is 0.0467. The van der Waals surface area contributed by atoms with Gasteiger partial charge in [0.25, 0.3) is 0 Å². The van der Waals surface area contributed by atoms with Crippen LogP contribution >= 0.6 is 0 Å².